The van der Waals surface area contributed by atoms with Crippen LogP contribution in [-0.4, -0.2) is 56.6 Å². The number of nitrogens with one attached hydrogen (secondary N) is 1. The fourth-order valence-corrected chi connectivity index (χ4v) is 2.36. The topological polar surface area (TPSA) is 66.2 Å². The van der Waals surface area contributed by atoms with Crippen molar-refractivity contribution in [3.05, 3.63) is 12.2 Å². The summed E-state index contributed by atoms with van der Waals surface area (Å²) in [6.45, 7) is 9.18. The van der Waals surface area contributed by atoms with Crippen molar-refractivity contribution in [2.75, 3.05) is 26.2 Å². The molecule has 0 amide bonds. The Hall–Kier alpha value is -0.980. The van der Waals surface area contributed by atoms with Gasteiger partial charge >= 0.3 is 0 Å². The van der Waals surface area contributed by atoms with Crippen LogP contribution in [0.4, 0.5) is 0 Å². The van der Waals surface area contributed by atoms with Crippen LogP contribution in [0.3, 0.4) is 0 Å². The number of aliphatic hydroxyl groups excluding tert-OH is 1. The quantitative estimate of drug-likeness (QED) is 0.740. The van der Waals surface area contributed by atoms with Crippen molar-refractivity contribution < 1.29 is 5.11 Å². The molecule has 0 bridgehead atoms. The van der Waals surface area contributed by atoms with Crippen LogP contribution in [0.2, 0.25) is 0 Å². The SMILES string of the molecule is CCCNC(C)(CO)CCN1CCn2cnnc2C1. The minimum absolute atomic E-state index is 0.178. The minimum Gasteiger partial charge on any atom is -0.394 e. The van der Waals surface area contributed by atoms with E-state index in [4.69, 9.17) is 0 Å². The Morgan fingerprint density at radius 1 is 1.47 bits per heavy atom. The van der Waals surface area contributed by atoms with E-state index in [1.54, 1.807) is 6.33 Å². The van der Waals surface area contributed by atoms with Crippen molar-refractivity contribution >= 4 is 0 Å². The first-order chi connectivity index (χ1) is 9.17. The zero-order chi connectivity index (χ0) is 13.7. The van der Waals surface area contributed by atoms with Crippen molar-refractivity contribution in [3.8, 4) is 0 Å². The minimum atomic E-state index is -0.179. The molecule has 0 aliphatic carbocycles. The van der Waals surface area contributed by atoms with Gasteiger partial charge in [-0.1, -0.05) is 6.92 Å². The highest BCUT2D eigenvalue weighted by molar-refractivity contribution is 4.91. The maximum Gasteiger partial charge on any atom is 0.147 e. The number of rotatable bonds is 7. The third-order valence-corrected chi connectivity index (χ3v) is 3.85. The molecule has 1 aliphatic heterocycles. The Kier molecular flexibility index (Phi) is 4.90. The molecule has 1 atom stereocenters. The molecule has 6 heteroatoms. The van der Waals surface area contributed by atoms with Crippen LogP contribution in [0.1, 0.15) is 32.5 Å². The molecule has 1 aliphatic rings. The van der Waals surface area contributed by atoms with Gasteiger partial charge in [0.25, 0.3) is 0 Å². The fraction of sp³-hybridized carbons (Fsp3) is 0.846. The van der Waals surface area contributed by atoms with E-state index in [0.29, 0.717) is 0 Å². The van der Waals surface area contributed by atoms with Crippen LogP contribution < -0.4 is 5.32 Å². The first-order valence-electron chi connectivity index (χ1n) is 7.12. The van der Waals surface area contributed by atoms with Gasteiger partial charge in [-0.25, -0.2) is 0 Å². The van der Waals surface area contributed by atoms with Gasteiger partial charge in [0.05, 0.1) is 13.2 Å². The van der Waals surface area contributed by atoms with Crippen LogP contribution in [0.15, 0.2) is 6.33 Å². The average molecular weight is 267 g/mol. The summed E-state index contributed by atoms with van der Waals surface area (Å²) in [6.07, 6.45) is 3.83. The molecule has 1 unspecified atom stereocenters. The highest BCUT2D eigenvalue weighted by Gasteiger charge is 2.24. The van der Waals surface area contributed by atoms with Gasteiger partial charge in [0, 0.05) is 25.2 Å². The molecule has 0 radical (unpaired) electrons. The number of hydrogen-bond acceptors (Lipinski definition) is 5. The highest BCUT2D eigenvalue weighted by Crippen LogP contribution is 2.14. The lowest BCUT2D eigenvalue weighted by Crippen LogP contribution is -2.49. The summed E-state index contributed by atoms with van der Waals surface area (Å²) < 4.78 is 2.11. The Morgan fingerprint density at radius 3 is 3.05 bits per heavy atom. The molecule has 108 valence electrons. The molecule has 0 aromatic carbocycles. The predicted molar refractivity (Wildman–Crippen MR) is 73.7 cm³/mol. The van der Waals surface area contributed by atoms with Gasteiger partial charge in [0.2, 0.25) is 0 Å². The molecule has 2 heterocycles. The molecule has 0 fully saturated rings. The largest absolute Gasteiger partial charge is 0.394 e. The molecule has 6 nitrogen and oxygen atoms in total. The number of fused-ring (bicyclic) bond motifs is 1. The zero-order valence-corrected chi connectivity index (χ0v) is 12.0. The van der Waals surface area contributed by atoms with E-state index >= 15 is 0 Å². The Morgan fingerprint density at radius 2 is 2.32 bits per heavy atom. The predicted octanol–water partition coefficient (Wildman–Crippen LogP) is 0.234. The van der Waals surface area contributed by atoms with Crippen LogP contribution in [-0.2, 0) is 13.1 Å². The van der Waals surface area contributed by atoms with Gasteiger partial charge in [0.15, 0.2) is 0 Å². The van der Waals surface area contributed by atoms with E-state index in [0.717, 1.165) is 51.4 Å². The van der Waals surface area contributed by atoms with E-state index in [2.05, 4.69) is 38.8 Å². The fourth-order valence-electron chi connectivity index (χ4n) is 2.36. The number of nitrogens with zero attached hydrogens (tertiary/aromatic N) is 4. The third kappa shape index (κ3) is 3.75. The molecule has 1 aromatic rings. The van der Waals surface area contributed by atoms with Crippen LogP contribution in [0.25, 0.3) is 0 Å². The Labute approximate surface area is 114 Å². The Balaban J connectivity index is 1.82. The maximum atomic E-state index is 9.56. The summed E-state index contributed by atoms with van der Waals surface area (Å²) in [5.41, 5.74) is -0.179. The van der Waals surface area contributed by atoms with Crippen molar-refractivity contribution in [1.29, 1.82) is 0 Å². The van der Waals surface area contributed by atoms with Gasteiger partial charge in [-0.15, -0.1) is 10.2 Å². The van der Waals surface area contributed by atoms with Crippen molar-refractivity contribution in [1.82, 2.24) is 25.0 Å². The molecule has 19 heavy (non-hydrogen) atoms. The van der Waals surface area contributed by atoms with E-state index in [9.17, 15) is 5.11 Å². The van der Waals surface area contributed by atoms with E-state index in [-0.39, 0.29) is 12.1 Å². The van der Waals surface area contributed by atoms with Crippen LogP contribution in [0, 0.1) is 0 Å². The highest BCUT2D eigenvalue weighted by atomic mass is 16.3. The zero-order valence-electron chi connectivity index (χ0n) is 12.0. The number of aromatic nitrogens is 3. The summed E-state index contributed by atoms with van der Waals surface area (Å²) >= 11 is 0. The summed E-state index contributed by atoms with van der Waals surface area (Å²) in [7, 11) is 0. The lowest BCUT2D eigenvalue weighted by molar-refractivity contribution is 0.134. The number of hydrogen-bond donors (Lipinski definition) is 2. The Bertz CT molecular complexity index is 394. The first kappa shape index (κ1) is 14.4. The van der Waals surface area contributed by atoms with E-state index in [1.807, 2.05) is 0 Å². The lowest BCUT2D eigenvalue weighted by Gasteiger charge is -2.33. The van der Waals surface area contributed by atoms with E-state index < -0.39 is 0 Å². The summed E-state index contributed by atoms with van der Waals surface area (Å²) in [6, 6.07) is 0. The van der Waals surface area contributed by atoms with Crippen LogP contribution >= 0.6 is 0 Å². The van der Waals surface area contributed by atoms with Gasteiger partial charge in [-0.2, -0.15) is 0 Å². The smallest absolute Gasteiger partial charge is 0.147 e. The first-order valence-corrected chi connectivity index (χ1v) is 7.12. The lowest BCUT2D eigenvalue weighted by atomic mass is 9.98. The second kappa shape index (κ2) is 6.45. The van der Waals surface area contributed by atoms with Crippen LogP contribution in [0.5, 0.6) is 0 Å². The monoisotopic (exact) mass is 267 g/mol. The maximum absolute atomic E-state index is 9.56. The van der Waals surface area contributed by atoms with Crippen molar-refractivity contribution in [3.63, 3.8) is 0 Å². The summed E-state index contributed by atoms with van der Waals surface area (Å²) in [5.74, 6) is 1.04. The van der Waals surface area contributed by atoms with E-state index in [1.165, 1.54) is 0 Å². The molecular weight excluding hydrogens is 242 g/mol. The number of aliphatic hydroxyl groups is 1. The second-order valence-electron chi connectivity index (χ2n) is 5.61. The van der Waals surface area contributed by atoms with Gasteiger partial charge in [0.1, 0.15) is 12.2 Å². The van der Waals surface area contributed by atoms with Crippen molar-refractivity contribution in [2.45, 2.75) is 45.3 Å². The second-order valence-corrected chi connectivity index (χ2v) is 5.61. The average Bonchev–Trinajstić information content (AvgIpc) is 2.90. The summed E-state index contributed by atoms with van der Waals surface area (Å²) in [4.78, 5) is 2.38. The normalized spacial score (nSPS) is 19.1. The molecule has 0 saturated heterocycles. The van der Waals surface area contributed by atoms with Crippen molar-refractivity contribution in [2.24, 2.45) is 0 Å². The molecule has 1 aromatic heterocycles. The molecule has 0 saturated carbocycles. The molecule has 2 N–H and O–H groups in total. The molecule has 2 rings (SSSR count). The van der Waals surface area contributed by atoms with Gasteiger partial charge < -0.3 is 15.0 Å². The molecule has 0 spiro atoms. The van der Waals surface area contributed by atoms with Gasteiger partial charge in [-0.05, 0) is 26.3 Å². The summed E-state index contributed by atoms with van der Waals surface area (Å²) in [5, 5.41) is 21.1. The van der Waals surface area contributed by atoms with Gasteiger partial charge in [-0.3, -0.25) is 4.90 Å². The third-order valence-electron chi connectivity index (χ3n) is 3.85. The standard InChI is InChI=1S/C13H25N5O/c1-3-5-14-13(2,10-19)4-6-17-7-8-18-11-15-16-12(18)9-17/h11,14,19H,3-10H2,1-2H3. The molecular formula is C13H25N5O.